The van der Waals surface area contributed by atoms with Crippen molar-refractivity contribution < 1.29 is 18.3 Å². The quantitative estimate of drug-likeness (QED) is 0.564. The van der Waals surface area contributed by atoms with Crippen LogP contribution in [0.3, 0.4) is 0 Å². The first-order chi connectivity index (χ1) is 12.9. The number of aromatic nitrogens is 2. The summed E-state index contributed by atoms with van der Waals surface area (Å²) in [5, 5.41) is 18.1. The molecule has 28 heavy (non-hydrogen) atoms. The summed E-state index contributed by atoms with van der Waals surface area (Å²) in [5.74, 6) is 0.506. The molecule has 0 bridgehead atoms. The van der Waals surface area contributed by atoms with Gasteiger partial charge in [0.2, 0.25) is 21.9 Å². The SMILES string of the molecule is Cc1cc(Nc2ncc(Br)c(O[C@H](C)[C@@H](C)O)n2)cc(C(C)C)c1S(N)(=O)=O. The Morgan fingerprint density at radius 3 is 2.43 bits per heavy atom. The molecule has 0 aliphatic rings. The van der Waals surface area contributed by atoms with E-state index in [-0.39, 0.29) is 22.6 Å². The van der Waals surface area contributed by atoms with Gasteiger partial charge in [0.05, 0.1) is 21.7 Å². The predicted octanol–water partition coefficient (Wildman–Crippen LogP) is 3.21. The van der Waals surface area contributed by atoms with Crippen LogP contribution in [0.5, 0.6) is 5.88 Å². The lowest BCUT2D eigenvalue weighted by molar-refractivity contribution is 0.0569. The number of nitrogens with one attached hydrogen (secondary N) is 1. The van der Waals surface area contributed by atoms with Crippen molar-refractivity contribution in [3.8, 4) is 5.88 Å². The number of sulfonamides is 1. The number of aliphatic hydroxyl groups excluding tert-OH is 1. The van der Waals surface area contributed by atoms with Crippen molar-refractivity contribution >= 4 is 37.6 Å². The molecule has 1 aromatic carbocycles. The number of aryl methyl sites for hydroxylation is 1. The molecule has 0 spiro atoms. The van der Waals surface area contributed by atoms with Crippen molar-refractivity contribution in [3.63, 3.8) is 0 Å². The molecule has 154 valence electrons. The number of ether oxygens (including phenoxy) is 1. The minimum atomic E-state index is -3.84. The third-order valence-corrected chi connectivity index (χ3v) is 5.83. The summed E-state index contributed by atoms with van der Waals surface area (Å²) in [4.78, 5) is 8.67. The first-order valence-corrected chi connectivity index (χ1v) is 11.1. The van der Waals surface area contributed by atoms with Crippen LogP contribution < -0.4 is 15.2 Å². The van der Waals surface area contributed by atoms with Crippen LogP contribution in [0, 0.1) is 6.92 Å². The maximum atomic E-state index is 12.0. The monoisotopic (exact) mass is 472 g/mol. The fraction of sp³-hybridized carbons (Fsp3) is 0.444. The minimum Gasteiger partial charge on any atom is -0.471 e. The number of benzene rings is 1. The van der Waals surface area contributed by atoms with Crippen LogP contribution in [0.15, 0.2) is 27.7 Å². The molecule has 0 aliphatic heterocycles. The lowest BCUT2D eigenvalue weighted by Crippen LogP contribution is -2.26. The molecule has 2 aromatic rings. The third-order valence-electron chi connectivity index (χ3n) is 4.15. The number of halogens is 1. The summed E-state index contributed by atoms with van der Waals surface area (Å²) in [7, 11) is -3.84. The largest absolute Gasteiger partial charge is 0.471 e. The van der Waals surface area contributed by atoms with E-state index >= 15 is 0 Å². The van der Waals surface area contributed by atoms with Gasteiger partial charge in [0.1, 0.15) is 6.10 Å². The van der Waals surface area contributed by atoms with E-state index in [1.54, 1.807) is 32.9 Å². The van der Waals surface area contributed by atoms with E-state index in [2.05, 4.69) is 31.2 Å². The molecule has 0 saturated carbocycles. The molecule has 0 saturated heterocycles. The first kappa shape index (κ1) is 22.5. The van der Waals surface area contributed by atoms with Crippen molar-refractivity contribution in [2.24, 2.45) is 5.14 Å². The van der Waals surface area contributed by atoms with E-state index in [1.165, 1.54) is 6.20 Å². The van der Waals surface area contributed by atoms with E-state index in [9.17, 15) is 13.5 Å². The van der Waals surface area contributed by atoms with Gasteiger partial charge in [0, 0.05) is 5.69 Å². The van der Waals surface area contributed by atoms with Crippen molar-refractivity contribution in [1.82, 2.24) is 9.97 Å². The zero-order valence-corrected chi connectivity index (χ0v) is 18.8. The molecule has 1 aromatic heterocycles. The summed E-state index contributed by atoms with van der Waals surface area (Å²) >= 11 is 3.33. The third kappa shape index (κ3) is 5.40. The second-order valence-electron chi connectivity index (χ2n) is 6.95. The topological polar surface area (TPSA) is 127 Å². The number of hydrogen-bond acceptors (Lipinski definition) is 7. The minimum absolute atomic E-state index is 0.0506. The van der Waals surface area contributed by atoms with Crippen LogP contribution in [-0.4, -0.2) is 35.7 Å². The molecule has 8 nitrogen and oxygen atoms in total. The maximum absolute atomic E-state index is 12.0. The number of anilines is 2. The van der Waals surface area contributed by atoms with Gasteiger partial charge in [-0.15, -0.1) is 0 Å². The smallest absolute Gasteiger partial charge is 0.238 e. The van der Waals surface area contributed by atoms with Gasteiger partial charge in [-0.1, -0.05) is 13.8 Å². The van der Waals surface area contributed by atoms with Gasteiger partial charge >= 0.3 is 0 Å². The van der Waals surface area contributed by atoms with E-state index in [4.69, 9.17) is 9.88 Å². The standard InChI is InChI=1S/C18H25BrN4O4S/c1-9(2)14-7-13(6-10(3)16(14)28(20,25)26)22-18-21-8-15(19)17(23-18)27-12(5)11(4)24/h6-9,11-12,24H,1-5H3,(H2,20,25,26)(H,21,22,23)/t11-,12-/m1/s1. The molecule has 0 radical (unpaired) electrons. The molecule has 0 fully saturated rings. The highest BCUT2D eigenvalue weighted by Gasteiger charge is 2.21. The van der Waals surface area contributed by atoms with E-state index < -0.39 is 22.2 Å². The van der Waals surface area contributed by atoms with Crippen LogP contribution >= 0.6 is 15.9 Å². The average Bonchev–Trinajstić information content (AvgIpc) is 2.55. The predicted molar refractivity (Wildman–Crippen MR) is 111 cm³/mol. The molecular formula is C18H25BrN4O4S. The van der Waals surface area contributed by atoms with Crippen LogP contribution in [-0.2, 0) is 10.0 Å². The summed E-state index contributed by atoms with van der Waals surface area (Å²) in [6.45, 7) is 8.84. The molecule has 2 rings (SSSR count). The Bertz CT molecular complexity index is 964. The van der Waals surface area contributed by atoms with Gasteiger partial charge in [-0.3, -0.25) is 0 Å². The summed E-state index contributed by atoms with van der Waals surface area (Å²) in [5.41, 5.74) is 1.78. The summed E-state index contributed by atoms with van der Waals surface area (Å²) in [6, 6.07) is 3.40. The highest BCUT2D eigenvalue weighted by molar-refractivity contribution is 9.10. The van der Waals surface area contributed by atoms with Gasteiger partial charge in [-0.2, -0.15) is 4.98 Å². The molecule has 4 N–H and O–H groups in total. The lowest BCUT2D eigenvalue weighted by Gasteiger charge is -2.18. The van der Waals surface area contributed by atoms with Gasteiger partial charge in [-0.25, -0.2) is 18.5 Å². The Kier molecular flexibility index (Phi) is 7.02. The normalized spacial score (nSPS) is 14.0. The second-order valence-corrected chi connectivity index (χ2v) is 9.30. The Morgan fingerprint density at radius 2 is 1.89 bits per heavy atom. The van der Waals surface area contributed by atoms with Crippen LogP contribution in [0.4, 0.5) is 11.6 Å². The summed E-state index contributed by atoms with van der Waals surface area (Å²) < 4.78 is 30.2. The van der Waals surface area contributed by atoms with Crippen LogP contribution in [0.25, 0.3) is 0 Å². The van der Waals surface area contributed by atoms with Crippen molar-refractivity contribution in [2.45, 2.75) is 57.6 Å². The number of nitrogens with two attached hydrogens (primary N) is 1. The van der Waals surface area contributed by atoms with Crippen molar-refractivity contribution in [1.29, 1.82) is 0 Å². The lowest BCUT2D eigenvalue weighted by atomic mass is 10.00. The fourth-order valence-corrected chi connectivity index (χ4v) is 4.00. The molecule has 1 heterocycles. The first-order valence-electron chi connectivity index (χ1n) is 8.71. The Labute approximate surface area is 173 Å². The molecule has 0 unspecified atom stereocenters. The molecular weight excluding hydrogens is 448 g/mol. The second kappa shape index (κ2) is 8.73. The van der Waals surface area contributed by atoms with E-state index in [0.29, 0.717) is 21.3 Å². The maximum Gasteiger partial charge on any atom is 0.238 e. The number of nitrogens with zero attached hydrogens (tertiary/aromatic N) is 2. The molecule has 0 amide bonds. The number of primary sulfonamides is 1. The van der Waals surface area contributed by atoms with Crippen molar-refractivity contribution in [2.75, 3.05) is 5.32 Å². The fourth-order valence-electron chi connectivity index (χ4n) is 2.59. The number of aliphatic hydroxyl groups is 1. The molecule has 10 heteroatoms. The highest BCUT2D eigenvalue weighted by atomic mass is 79.9. The number of hydrogen-bond donors (Lipinski definition) is 3. The van der Waals surface area contributed by atoms with Crippen LogP contribution in [0.2, 0.25) is 0 Å². The zero-order valence-electron chi connectivity index (χ0n) is 16.4. The highest BCUT2D eigenvalue weighted by Crippen LogP contribution is 2.31. The molecule has 0 aliphatic carbocycles. The molecule has 2 atom stereocenters. The Hall–Kier alpha value is -1.75. The van der Waals surface area contributed by atoms with E-state index in [0.717, 1.165) is 0 Å². The number of rotatable bonds is 7. The van der Waals surface area contributed by atoms with Crippen molar-refractivity contribution in [3.05, 3.63) is 33.9 Å². The van der Waals surface area contributed by atoms with Gasteiger partial charge in [-0.05, 0) is 65.9 Å². The zero-order chi connectivity index (χ0) is 21.2. The summed E-state index contributed by atoms with van der Waals surface area (Å²) in [6.07, 6.45) is 0.414. The van der Waals surface area contributed by atoms with Gasteiger partial charge < -0.3 is 15.2 Å². The van der Waals surface area contributed by atoms with Crippen LogP contribution in [0.1, 0.15) is 44.7 Å². The van der Waals surface area contributed by atoms with Gasteiger partial charge in [0.15, 0.2) is 0 Å². The van der Waals surface area contributed by atoms with E-state index in [1.807, 2.05) is 13.8 Å². The Morgan fingerprint density at radius 1 is 1.25 bits per heavy atom. The van der Waals surface area contributed by atoms with Gasteiger partial charge in [0.25, 0.3) is 0 Å². The Balaban J connectivity index is 2.41. The average molecular weight is 473 g/mol.